The molecule has 3 heterocycles. The monoisotopic (exact) mass is 392 g/mol. The third kappa shape index (κ3) is 3.93. The number of carbonyl (C=O) groups excluding carboxylic acids is 1. The van der Waals surface area contributed by atoms with Gasteiger partial charge in [-0.1, -0.05) is 25.6 Å². The molecule has 2 saturated heterocycles. The molecule has 3 fully saturated rings. The van der Waals surface area contributed by atoms with Crippen LogP contribution in [-0.2, 0) is 4.79 Å². The maximum absolute atomic E-state index is 13.0. The second kappa shape index (κ2) is 8.23. The summed E-state index contributed by atoms with van der Waals surface area (Å²) in [7, 11) is 0. The lowest BCUT2D eigenvalue weighted by Gasteiger charge is -2.38. The number of likely N-dealkylation sites (tertiary alicyclic amines) is 1. The Labute approximate surface area is 173 Å². The number of carbonyl (C=O) groups is 1. The van der Waals surface area contributed by atoms with E-state index >= 15 is 0 Å². The number of rotatable bonds is 6. The molecule has 4 rings (SSSR count). The molecule has 5 heteroatoms. The second-order valence-electron chi connectivity index (χ2n) is 9.00. The summed E-state index contributed by atoms with van der Waals surface area (Å²) in [4.78, 5) is 19.6. The van der Waals surface area contributed by atoms with Gasteiger partial charge in [0.25, 0.3) is 0 Å². The topological polar surface area (TPSA) is 69.1 Å². The standard InChI is InChI=1S/C24H32N4O/c1-4-17(10-25)24-19(6-5-7-27-24)16(3)18-8-15(2)13-28(14-18)23(29)9-20-21-11-26-12-22(20)21/h4-7,10,15,18,20-22,25-26H,3,8-9,11-14H2,1-2H3/b17-4-,25-10?/t15-,18+,20?,21-,22+/m1/s1. The lowest BCUT2D eigenvalue weighted by atomic mass is 9.82. The fourth-order valence-corrected chi connectivity index (χ4v) is 5.39. The number of fused-ring (bicyclic) bond motifs is 1. The molecular formula is C24H32N4O. The van der Waals surface area contributed by atoms with E-state index in [0.717, 1.165) is 66.8 Å². The molecule has 1 saturated carbocycles. The third-order valence-corrected chi connectivity index (χ3v) is 7.08. The van der Waals surface area contributed by atoms with Crippen molar-refractivity contribution in [3.05, 3.63) is 42.2 Å². The molecule has 0 aromatic carbocycles. The average molecular weight is 393 g/mol. The number of nitrogens with one attached hydrogen (secondary N) is 2. The second-order valence-corrected chi connectivity index (χ2v) is 9.00. The first kappa shape index (κ1) is 20.0. The maximum atomic E-state index is 13.0. The normalized spacial score (nSPS) is 31.3. The van der Waals surface area contributed by atoms with Crippen molar-refractivity contribution >= 4 is 23.3 Å². The molecule has 5 atom stereocenters. The van der Waals surface area contributed by atoms with Crippen molar-refractivity contribution in [2.24, 2.45) is 29.6 Å². The zero-order valence-corrected chi connectivity index (χ0v) is 17.5. The summed E-state index contributed by atoms with van der Waals surface area (Å²) in [6, 6.07) is 3.97. The van der Waals surface area contributed by atoms with Crippen LogP contribution in [0.5, 0.6) is 0 Å². The van der Waals surface area contributed by atoms with Gasteiger partial charge in [0.15, 0.2) is 0 Å². The summed E-state index contributed by atoms with van der Waals surface area (Å²) < 4.78 is 0. The van der Waals surface area contributed by atoms with Gasteiger partial charge in [0.05, 0.1) is 5.69 Å². The summed E-state index contributed by atoms with van der Waals surface area (Å²) in [6.45, 7) is 12.3. The molecule has 1 aromatic heterocycles. The number of pyridine rings is 1. The van der Waals surface area contributed by atoms with Crippen LogP contribution >= 0.6 is 0 Å². The van der Waals surface area contributed by atoms with E-state index in [-0.39, 0.29) is 5.92 Å². The van der Waals surface area contributed by atoms with Crippen LogP contribution in [0.4, 0.5) is 0 Å². The molecule has 29 heavy (non-hydrogen) atoms. The molecule has 0 bridgehead atoms. The van der Waals surface area contributed by atoms with Gasteiger partial charge in [-0.3, -0.25) is 9.78 Å². The molecule has 2 N–H and O–H groups in total. The van der Waals surface area contributed by atoms with Crippen LogP contribution in [0.1, 0.15) is 37.9 Å². The molecule has 3 aliphatic rings. The molecule has 1 unspecified atom stereocenters. The Morgan fingerprint density at radius 1 is 1.38 bits per heavy atom. The Morgan fingerprint density at radius 3 is 2.83 bits per heavy atom. The highest BCUT2D eigenvalue weighted by molar-refractivity contribution is 6.09. The summed E-state index contributed by atoms with van der Waals surface area (Å²) in [6.07, 6.45) is 6.76. The minimum absolute atomic E-state index is 0.231. The highest BCUT2D eigenvalue weighted by Gasteiger charge is 2.53. The smallest absolute Gasteiger partial charge is 0.222 e. The van der Waals surface area contributed by atoms with E-state index in [1.807, 2.05) is 25.1 Å². The van der Waals surface area contributed by atoms with Crippen LogP contribution in [0.2, 0.25) is 0 Å². The predicted octanol–water partition coefficient (Wildman–Crippen LogP) is 3.49. The summed E-state index contributed by atoms with van der Waals surface area (Å²) in [5.74, 6) is 3.05. The Kier molecular flexibility index (Phi) is 5.68. The summed E-state index contributed by atoms with van der Waals surface area (Å²) in [5, 5.41) is 11.1. The maximum Gasteiger partial charge on any atom is 0.222 e. The fourth-order valence-electron chi connectivity index (χ4n) is 5.39. The van der Waals surface area contributed by atoms with Gasteiger partial charge in [-0.2, -0.15) is 0 Å². The Bertz CT molecular complexity index is 835. The van der Waals surface area contributed by atoms with E-state index in [2.05, 4.69) is 28.7 Å². The van der Waals surface area contributed by atoms with Crippen molar-refractivity contribution in [3.8, 4) is 0 Å². The molecule has 0 radical (unpaired) electrons. The average Bonchev–Trinajstić information content (AvgIpc) is 3.13. The van der Waals surface area contributed by atoms with E-state index in [1.54, 1.807) is 6.20 Å². The zero-order chi connectivity index (χ0) is 20.5. The minimum Gasteiger partial charge on any atom is -0.342 e. The van der Waals surface area contributed by atoms with E-state index in [1.165, 1.54) is 6.21 Å². The van der Waals surface area contributed by atoms with Crippen molar-refractivity contribution in [1.82, 2.24) is 15.2 Å². The van der Waals surface area contributed by atoms with Crippen molar-refractivity contribution < 1.29 is 4.79 Å². The first-order chi connectivity index (χ1) is 14.0. The van der Waals surface area contributed by atoms with Gasteiger partial charge >= 0.3 is 0 Å². The molecule has 1 amide bonds. The van der Waals surface area contributed by atoms with E-state index in [4.69, 9.17) is 5.41 Å². The van der Waals surface area contributed by atoms with Gasteiger partial charge in [0.1, 0.15) is 0 Å². The molecular weight excluding hydrogens is 360 g/mol. The Morgan fingerprint density at radius 2 is 2.14 bits per heavy atom. The van der Waals surface area contributed by atoms with Crippen LogP contribution in [0, 0.1) is 35.0 Å². The van der Waals surface area contributed by atoms with Gasteiger partial charge in [-0.05, 0) is 61.7 Å². The quantitative estimate of drug-likeness (QED) is 0.728. The number of piperidine rings is 2. The number of allylic oxidation sites excluding steroid dienone is 2. The van der Waals surface area contributed by atoms with Crippen molar-refractivity contribution in [2.45, 2.75) is 26.7 Å². The number of hydrogen-bond donors (Lipinski definition) is 2. The molecule has 0 spiro atoms. The molecule has 2 aliphatic heterocycles. The fraction of sp³-hybridized carbons (Fsp3) is 0.542. The number of aromatic nitrogens is 1. The molecule has 154 valence electrons. The van der Waals surface area contributed by atoms with Crippen molar-refractivity contribution in [3.63, 3.8) is 0 Å². The summed E-state index contributed by atoms with van der Waals surface area (Å²) >= 11 is 0. The van der Waals surface area contributed by atoms with Gasteiger partial charge < -0.3 is 15.6 Å². The lowest BCUT2D eigenvalue weighted by molar-refractivity contribution is -0.134. The molecule has 5 nitrogen and oxygen atoms in total. The third-order valence-electron chi connectivity index (χ3n) is 7.08. The van der Waals surface area contributed by atoms with Crippen LogP contribution in [-0.4, -0.2) is 48.2 Å². The summed E-state index contributed by atoms with van der Waals surface area (Å²) in [5.41, 5.74) is 3.64. The highest BCUT2D eigenvalue weighted by Crippen LogP contribution is 2.51. The SMILES string of the molecule is C=C(c1cccnc1/C(C=N)=C\C)[C@H]1C[C@@H](C)CN(C(=O)CC2[C@H]3CNC[C@@H]23)C1. The molecule has 1 aliphatic carbocycles. The molecule has 1 aromatic rings. The first-order valence-corrected chi connectivity index (χ1v) is 10.8. The number of nitrogens with zero attached hydrogens (tertiary/aromatic N) is 2. The van der Waals surface area contributed by atoms with Gasteiger partial charge in [0, 0.05) is 49.0 Å². The Hall–Kier alpha value is -2.27. The van der Waals surface area contributed by atoms with Crippen molar-refractivity contribution in [1.29, 1.82) is 5.41 Å². The largest absolute Gasteiger partial charge is 0.342 e. The lowest BCUT2D eigenvalue weighted by Crippen LogP contribution is -2.44. The van der Waals surface area contributed by atoms with Crippen LogP contribution in [0.3, 0.4) is 0 Å². The first-order valence-electron chi connectivity index (χ1n) is 10.8. The minimum atomic E-state index is 0.231. The highest BCUT2D eigenvalue weighted by atomic mass is 16.2. The van der Waals surface area contributed by atoms with E-state index < -0.39 is 0 Å². The van der Waals surface area contributed by atoms with E-state index in [9.17, 15) is 4.79 Å². The van der Waals surface area contributed by atoms with Gasteiger partial charge in [0.2, 0.25) is 5.91 Å². The zero-order valence-electron chi connectivity index (χ0n) is 17.5. The van der Waals surface area contributed by atoms with E-state index in [0.29, 0.717) is 24.2 Å². The van der Waals surface area contributed by atoms with Gasteiger partial charge in [-0.15, -0.1) is 0 Å². The van der Waals surface area contributed by atoms with Crippen molar-refractivity contribution in [2.75, 3.05) is 26.2 Å². The Balaban J connectivity index is 1.48. The van der Waals surface area contributed by atoms with Gasteiger partial charge in [-0.25, -0.2) is 0 Å². The number of hydrogen-bond acceptors (Lipinski definition) is 4. The number of amides is 1. The van der Waals surface area contributed by atoms with Crippen LogP contribution < -0.4 is 5.32 Å². The van der Waals surface area contributed by atoms with Crippen LogP contribution in [0.25, 0.3) is 11.1 Å². The van der Waals surface area contributed by atoms with Crippen LogP contribution in [0.15, 0.2) is 31.0 Å². The predicted molar refractivity (Wildman–Crippen MR) is 118 cm³/mol.